The molecule has 7 heteroatoms. The standard InChI is InChI=1S/C20H21ClFNO4/c1-13(2)27-20(25)11-18(16-5-3-4-6-17(16)21)23-19(24)12-26-15-9-7-14(22)8-10-15/h3-10,13,18H,11-12H2,1-2H3,(H,23,24). The van der Waals surface area contributed by atoms with Crippen molar-refractivity contribution in [3.8, 4) is 5.75 Å². The molecule has 0 aliphatic carbocycles. The zero-order chi connectivity index (χ0) is 19.8. The van der Waals surface area contributed by atoms with E-state index in [0.717, 1.165) is 0 Å². The highest BCUT2D eigenvalue weighted by atomic mass is 35.5. The Labute approximate surface area is 162 Å². The van der Waals surface area contributed by atoms with Crippen molar-refractivity contribution in [3.05, 3.63) is 64.9 Å². The first kappa shape index (κ1) is 20.7. The van der Waals surface area contributed by atoms with Gasteiger partial charge in [-0.15, -0.1) is 0 Å². The topological polar surface area (TPSA) is 64.6 Å². The molecule has 1 atom stereocenters. The largest absolute Gasteiger partial charge is 0.484 e. The van der Waals surface area contributed by atoms with Crippen molar-refractivity contribution in [2.24, 2.45) is 0 Å². The minimum Gasteiger partial charge on any atom is -0.484 e. The SMILES string of the molecule is CC(C)OC(=O)CC(NC(=O)COc1ccc(F)cc1)c1ccccc1Cl. The first-order valence-electron chi connectivity index (χ1n) is 8.46. The molecule has 2 rings (SSSR count). The molecule has 0 spiro atoms. The normalized spacial score (nSPS) is 11.7. The first-order chi connectivity index (χ1) is 12.8. The average molecular weight is 394 g/mol. The second kappa shape index (κ2) is 9.92. The Balaban J connectivity index is 2.04. The molecule has 1 amide bonds. The van der Waals surface area contributed by atoms with Gasteiger partial charge in [0.1, 0.15) is 11.6 Å². The van der Waals surface area contributed by atoms with Crippen molar-refractivity contribution >= 4 is 23.5 Å². The zero-order valence-corrected chi connectivity index (χ0v) is 15.8. The van der Waals surface area contributed by atoms with Crippen LogP contribution in [0.3, 0.4) is 0 Å². The van der Waals surface area contributed by atoms with Crippen LogP contribution in [-0.4, -0.2) is 24.6 Å². The molecule has 1 N–H and O–H groups in total. The molecule has 27 heavy (non-hydrogen) atoms. The summed E-state index contributed by atoms with van der Waals surface area (Å²) in [5.41, 5.74) is 0.606. The summed E-state index contributed by atoms with van der Waals surface area (Å²) in [7, 11) is 0. The van der Waals surface area contributed by atoms with E-state index < -0.39 is 23.7 Å². The minimum absolute atomic E-state index is 0.0653. The van der Waals surface area contributed by atoms with Gasteiger partial charge in [0.05, 0.1) is 18.6 Å². The third kappa shape index (κ3) is 6.90. The number of ether oxygens (including phenoxy) is 2. The van der Waals surface area contributed by atoms with Crippen LogP contribution in [0.5, 0.6) is 5.75 Å². The van der Waals surface area contributed by atoms with Gasteiger partial charge in [-0.05, 0) is 49.7 Å². The molecular formula is C20H21ClFNO4. The smallest absolute Gasteiger partial charge is 0.308 e. The molecule has 5 nitrogen and oxygen atoms in total. The van der Waals surface area contributed by atoms with Gasteiger partial charge >= 0.3 is 5.97 Å². The number of carbonyl (C=O) groups excluding carboxylic acids is 2. The van der Waals surface area contributed by atoms with Crippen LogP contribution in [0.4, 0.5) is 4.39 Å². The van der Waals surface area contributed by atoms with E-state index in [0.29, 0.717) is 16.3 Å². The van der Waals surface area contributed by atoms with Crippen LogP contribution in [0.2, 0.25) is 5.02 Å². The molecule has 0 saturated heterocycles. The lowest BCUT2D eigenvalue weighted by atomic mass is 10.0. The fraction of sp³-hybridized carbons (Fsp3) is 0.300. The van der Waals surface area contributed by atoms with Crippen LogP contribution in [0.25, 0.3) is 0 Å². The molecule has 2 aromatic carbocycles. The Bertz CT molecular complexity index is 780. The Morgan fingerprint density at radius 1 is 1.11 bits per heavy atom. The van der Waals surface area contributed by atoms with E-state index in [2.05, 4.69) is 5.32 Å². The maximum atomic E-state index is 12.9. The minimum atomic E-state index is -0.658. The zero-order valence-electron chi connectivity index (χ0n) is 15.1. The molecule has 0 aliphatic rings. The van der Waals surface area contributed by atoms with Crippen molar-refractivity contribution in [2.45, 2.75) is 32.4 Å². The van der Waals surface area contributed by atoms with E-state index in [1.807, 2.05) is 0 Å². The van der Waals surface area contributed by atoms with E-state index >= 15 is 0 Å². The van der Waals surface area contributed by atoms with Gasteiger partial charge in [0.25, 0.3) is 5.91 Å². The van der Waals surface area contributed by atoms with E-state index in [-0.39, 0.29) is 19.1 Å². The van der Waals surface area contributed by atoms with Crippen LogP contribution in [0.1, 0.15) is 31.9 Å². The monoisotopic (exact) mass is 393 g/mol. The second-order valence-corrected chi connectivity index (χ2v) is 6.53. The molecule has 0 heterocycles. The van der Waals surface area contributed by atoms with Gasteiger partial charge in [-0.25, -0.2) is 4.39 Å². The lowest BCUT2D eigenvalue weighted by molar-refractivity contribution is -0.148. The number of benzene rings is 2. The number of rotatable bonds is 8. The predicted octanol–water partition coefficient (Wildman–Crippen LogP) is 4.06. The van der Waals surface area contributed by atoms with Crippen molar-refractivity contribution < 1.29 is 23.5 Å². The summed E-state index contributed by atoms with van der Waals surface area (Å²) < 4.78 is 23.4. The molecule has 0 aromatic heterocycles. The quantitative estimate of drug-likeness (QED) is 0.687. The van der Waals surface area contributed by atoms with Gasteiger partial charge in [0, 0.05) is 5.02 Å². The summed E-state index contributed by atoms with van der Waals surface area (Å²) in [6, 6.07) is 11.6. The number of carbonyl (C=O) groups is 2. The Hall–Kier alpha value is -2.60. The molecule has 0 radical (unpaired) electrons. The van der Waals surface area contributed by atoms with Crippen LogP contribution in [0, 0.1) is 5.82 Å². The summed E-state index contributed by atoms with van der Waals surface area (Å²) in [5.74, 6) is -0.925. The average Bonchev–Trinajstić information content (AvgIpc) is 2.60. The predicted molar refractivity (Wildman–Crippen MR) is 100 cm³/mol. The third-order valence-corrected chi connectivity index (χ3v) is 3.88. The number of hydrogen-bond acceptors (Lipinski definition) is 4. The molecular weight excluding hydrogens is 373 g/mol. The fourth-order valence-electron chi connectivity index (χ4n) is 2.39. The molecule has 1 unspecified atom stereocenters. The van der Waals surface area contributed by atoms with E-state index in [1.54, 1.807) is 38.1 Å². The first-order valence-corrected chi connectivity index (χ1v) is 8.84. The lowest BCUT2D eigenvalue weighted by Crippen LogP contribution is -2.34. The van der Waals surface area contributed by atoms with Gasteiger partial charge in [0.2, 0.25) is 0 Å². The number of esters is 1. The van der Waals surface area contributed by atoms with E-state index in [9.17, 15) is 14.0 Å². The Kier molecular flexibility index (Phi) is 7.61. The van der Waals surface area contributed by atoms with Crippen LogP contribution < -0.4 is 10.1 Å². The summed E-state index contributed by atoms with van der Waals surface area (Å²) >= 11 is 6.21. The maximum Gasteiger partial charge on any atom is 0.308 e. The fourth-order valence-corrected chi connectivity index (χ4v) is 2.66. The Morgan fingerprint density at radius 2 is 1.78 bits per heavy atom. The van der Waals surface area contributed by atoms with Crippen LogP contribution in [0.15, 0.2) is 48.5 Å². The van der Waals surface area contributed by atoms with Crippen molar-refractivity contribution in [1.29, 1.82) is 0 Å². The molecule has 2 aromatic rings. The number of nitrogens with one attached hydrogen (secondary N) is 1. The summed E-state index contributed by atoms with van der Waals surface area (Å²) in [6.45, 7) is 3.21. The summed E-state index contributed by atoms with van der Waals surface area (Å²) in [4.78, 5) is 24.3. The second-order valence-electron chi connectivity index (χ2n) is 6.13. The van der Waals surface area contributed by atoms with Crippen molar-refractivity contribution in [1.82, 2.24) is 5.32 Å². The molecule has 0 bridgehead atoms. The molecule has 0 saturated carbocycles. The number of halogens is 2. The molecule has 144 valence electrons. The third-order valence-electron chi connectivity index (χ3n) is 3.54. The summed E-state index contributed by atoms with van der Waals surface area (Å²) in [5, 5.41) is 3.17. The van der Waals surface area contributed by atoms with Gasteiger partial charge in [-0.2, -0.15) is 0 Å². The van der Waals surface area contributed by atoms with Crippen LogP contribution >= 0.6 is 11.6 Å². The number of amides is 1. The Morgan fingerprint density at radius 3 is 2.41 bits per heavy atom. The van der Waals surface area contributed by atoms with Crippen molar-refractivity contribution in [3.63, 3.8) is 0 Å². The maximum absolute atomic E-state index is 12.9. The highest BCUT2D eigenvalue weighted by Crippen LogP contribution is 2.25. The highest BCUT2D eigenvalue weighted by molar-refractivity contribution is 6.31. The van der Waals surface area contributed by atoms with Gasteiger partial charge < -0.3 is 14.8 Å². The summed E-state index contributed by atoms with van der Waals surface area (Å²) in [6.07, 6.45) is -0.327. The van der Waals surface area contributed by atoms with E-state index in [1.165, 1.54) is 24.3 Å². The van der Waals surface area contributed by atoms with E-state index in [4.69, 9.17) is 21.1 Å². The molecule has 0 fully saturated rings. The number of hydrogen-bond donors (Lipinski definition) is 1. The van der Waals surface area contributed by atoms with Crippen molar-refractivity contribution in [2.75, 3.05) is 6.61 Å². The van der Waals surface area contributed by atoms with Gasteiger partial charge in [-0.1, -0.05) is 29.8 Å². The van der Waals surface area contributed by atoms with Gasteiger partial charge in [0.15, 0.2) is 6.61 Å². The lowest BCUT2D eigenvalue weighted by Gasteiger charge is -2.20. The molecule has 0 aliphatic heterocycles. The van der Waals surface area contributed by atoms with Gasteiger partial charge in [-0.3, -0.25) is 9.59 Å². The van der Waals surface area contributed by atoms with Crippen LogP contribution in [-0.2, 0) is 14.3 Å². The highest BCUT2D eigenvalue weighted by Gasteiger charge is 2.22.